The Morgan fingerprint density at radius 2 is 2.27 bits per heavy atom. The van der Waals surface area contributed by atoms with E-state index in [0.717, 1.165) is 22.2 Å². The van der Waals surface area contributed by atoms with Crippen molar-refractivity contribution < 1.29 is 4.74 Å². The van der Waals surface area contributed by atoms with Crippen LogP contribution in [0, 0.1) is 18.3 Å². The molecule has 0 amide bonds. The molecule has 0 spiro atoms. The smallest absolute Gasteiger partial charge is 0.148 e. The van der Waals surface area contributed by atoms with Gasteiger partial charge >= 0.3 is 0 Å². The van der Waals surface area contributed by atoms with Gasteiger partial charge in [0.2, 0.25) is 0 Å². The first-order valence-corrected chi connectivity index (χ1v) is 4.60. The fourth-order valence-corrected chi connectivity index (χ4v) is 1.70. The third-order valence-corrected chi connectivity index (χ3v) is 2.36. The lowest BCUT2D eigenvalue weighted by Gasteiger charge is -2.08. The van der Waals surface area contributed by atoms with Gasteiger partial charge in [-0.05, 0) is 30.7 Å². The van der Waals surface area contributed by atoms with Crippen LogP contribution >= 0.6 is 0 Å². The number of pyridine rings is 1. The molecule has 0 aliphatic heterocycles. The summed E-state index contributed by atoms with van der Waals surface area (Å²) in [6, 6.07) is 7.68. The van der Waals surface area contributed by atoms with Crippen LogP contribution in [-0.2, 0) is 0 Å². The fourth-order valence-electron chi connectivity index (χ4n) is 1.70. The van der Waals surface area contributed by atoms with Crippen LogP contribution in [0.3, 0.4) is 0 Å². The van der Waals surface area contributed by atoms with Gasteiger partial charge in [0.25, 0.3) is 0 Å². The molecule has 3 heteroatoms. The van der Waals surface area contributed by atoms with Gasteiger partial charge in [-0.25, -0.2) is 0 Å². The predicted octanol–water partition coefficient (Wildman–Crippen LogP) is 2.42. The maximum absolute atomic E-state index is 9.01. The summed E-state index contributed by atoms with van der Waals surface area (Å²) in [5.41, 5.74) is 2.31. The van der Waals surface area contributed by atoms with E-state index in [4.69, 9.17) is 10.00 Å². The summed E-state index contributed by atoms with van der Waals surface area (Å²) in [5.74, 6) is 0.740. The lowest BCUT2D eigenvalue weighted by Crippen LogP contribution is -1.93. The number of aromatic nitrogens is 1. The Kier molecular flexibility index (Phi) is 2.26. The van der Waals surface area contributed by atoms with E-state index in [1.807, 2.05) is 25.1 Å². The monoisotopic (exact) mass is 198 g/mol. The number of nitrogens with zero attached hydrogens (tertiary/aromatic N) is 2. The molecule has 74 valence electrons. The van der Waals surface area contributed by atoms with Gasteiger partial charge in [-0.3, -0.25) is 4.98 Å². The minimum Gasteiger partial charge on any atom is -0.494 e. The highest BCUT2D eigenvalue weighted by molar-refractivity contribution is 5.90. The van der Waals surface area contributed by atoms with Crippen LogP contribution in [0.1, 0.15) is 11.1 Å². The van der Waals surface area contributed by atoms with Gasteiger partial charge in [0.15, 0.2) is 0 Å². The second-order valence-corrected chi connectivity index (χ2v) is 3.29. The van der Waals surface area contributed by atoms with Gasteiger partial charge < -0.3 is 4.74 Å². The Balaban J connectivity index is 2.94. The summed E-state index contributed by atoms with van der Waals surface area (Å²) in [4.78, 5) is 4.25. The Morgan fingerprint density at radius 3 is 2.93 bits per heavy atom. The first kappa shape index (κ1) is 9.47. The number of rotatable bonds is 1. The SMILES string of the molecule is COc1c(C)cc(C#N)c2cccnc12. The maximum Gasteiger partial charge on any atom is 0.148 e. The summed E-state index contributed by atoms with van der Waals surface area (Å²) in [7, 11) is 1.61. The summed E-state index contributed by atoms with van der Waals surface area (Å²) >= 11 is 0. The molecule has 0 saturated carbocycles. The quantitative estimate of drug-likeness (QED) is 0.706. The van der Waals surface area contributed by atoms with E-state index in [-0.39, 0.29) is 0 Å². The van der Waals surface area contributed by atoms with Gasteiger partial charge in [-0.2, -0.15) is 5.26 Å². The Bertz CT molecular complexity index is 555. The molecule has 2 aromatic rings. The molecule has 0 aliphatic carbocycles. The van der Waals surface area contributed by atoms with Crippen LogP contribution in [0.5, 0.6) is 5.75 Å². The molecule has 0 N–H and O–H groups in total. The second-order valence-electron chi connectivity index (χ2n) is 3.29. The van der Waals surface area contributed by atoms with Gasteiger partial charge in [0.1, 0.15) is 11.3 Å². The maximum atomic E-state index is 9.01. The lowest BCUT2D eigenvalue weighted by molar-refractivity contribution is 0.416. The van der Waals surface area contributed by atoms with E-state index in [0.29, 0.717) is 5.56 Å². The molecule has 2 rings (SSSR count). The largest absolute Gasteiger partial charge is 0.494 e. The van der Waals surface area contributed by atoms with Crippen molar-refractivity contribution in [1.82, 2.24) is 4.98 Å². The van der Waals surface area contributed by atoms with Crippen molar-refractivity contribution in [1.29, 1.82) is 5.26 Å². The Morgan fingerprint density at radius 1 is 1.47 bits per heavy atom. The minimum absolute atomic E-state index is 0.636. The van der Waals surface area contributed by atoms with Crippen LogP contribution in [0.4, 0.5) is 0 Å². The van der Waals surface area contributed by atoms with Crippen molar-refractivity contribution in [3.05, 3.63) is 35.5 Å². The molecule has 0 fully saturated rings. The first-order chi connectivity index (χ1) is 7.27. The average molecular weight is 198 g/mol. The van der Waals surface area contributed by atoms with E-state index < -0.39 is 0 Å². The summed E-state index contributed by atoms with van der Waals surface area (Å²) in [5, 5.41) is 9.84. The Labute approximate surface area is 87.9 Å². The zero-order valence-electron chi connectivity index (χ0n) is 8.61. The van der Waals surface area contributed by atoms with Gasteiger partial charge in [0.05, 0.1) is 18.7 Å². The van der Waals surface area contributed by atoms with E-state index in [9.17, 15) is 0 Å². The van der Waals surface area contributed by atoms with Crippen molar-refractivity contribution in [3.8, 4) is 11.8 Å². The molecule has 3 nitrogen and oxygen atoms in total. The zero-order valence-corrected chi connectivity index (χ0v) is 8.61. The summed E-state index contributed by atoms with van der Waals surface area (Å²) in [6.07, 6.45) is 1.70. The first-order valence-electron chi connectivity index (χ1n) is 4.60. The van der Waals surface area contributed by atoms with E-state index in [1.54, 1.807) is 13.3 Å². The van der Waals surface area contributed by atoms with Crippen molar-refractivity contribution in [2.24, 2.45) is 0 Å². The van der Waals surface area contributed by atoms with Crippen LogP contribution in [0.25, 0.3) is 10.9 Å². The van der Waals surface area contributed by atoms with Crippen LogP contribution in [0.15, 0.2) is 24.4 Å². The van der Waals surface area contributed by atoms with Crippen LogP contribution in [0.2, 0.25) is 0 Å². The number of methoxy groups -OCH3 is 1. The van der Waals surface area contributed by atoms with Gasteiger partial charge in [0, 0.05) is 11.6 Å². The number of hydrogen-bond acceptors (Lipinski definition) is 3. The molecule has 0 atom stereocenters. The van der Waals surface area contributed by atoms with E-state index in [1.165, 1.54) is 0 Å². The van der Waals surface area contributed by atoms with E-state index in [2.05, 4.69) is 11.1 Å². The highest BCUT2D eigenvalue weighted by atomic mass is 16.5. The third-order valence-electron chi connectivity index (χ3n) is 2.36. The molecule has 0 bridgehead atoms. The normalized spacial score (nSPS) is 9.93. The molecule has 0 unspecified atom stereocenters. The second kappa shape index (κ2) is 3.58. The number of benzene rings is 1. The van der Waals surface area contributed by atoms with Crippen LogP contribution in [-0.4, -0.2) is 12.1 Å². The highest BCUT2D eigenvalue weighted by Crippen LogP contribution is 2.29. The average Bonchev–Trinajstić information content (AvgIpc) is 2.28. The number of hydrogen-bond donors (Lipinski definition) is 0. The third kappa shape index (κ3) is 1.40. The van der Waals surface area contributed by atoms with Crippen molar-refractivity contribution >= 4 is 10.9 Å². The molecule has 0 radical (unpaired) electrons. The molecule has 1 heterocycles. The molecule has 15 heavy (non-hydrogen) atoms. The van der Waals surface area contributed by atoms with Crippen molar-refractivity contribution in [2.45, 2.75) is 6.92 Å². The van der Waals surface area contributed by atoms with Crippen molar-refractivity contribution in [3.63, 3.8) is 0 Å². The molecule has 0 saturated heterocycles. The molecule has 0 aliphatic rings. The molecule has 1 aromatic carbocycles. The molecular formula is C12H10N2O. The molecule has 1 aromatic heterocycles. The standard InChI is InChI=1S/C12H10N2O/c1-8-6-9(7-13)10-4-3-5-14-11(10)12(8)15-2/h3-6H,1-2H3. The number of fused-ring (bicyclic) bond motifs is 1. The fraction of sp³-hybridized carbons (Fsp3) is 0.167. The lowest BCUT2D eigenvalue weighted by atomic mass is 10.0. The van der Waals surface area contributed by atoms with E-state index >= 15 is 0 Å². The topological polar surface area (TPSA) is 45.9 Å². The number of nitriles is 1. The predicted molar refractivity (Wildman–Crippen MR) is 57.7 cm³/mol. The molecular weight excluding hydrogens is 188 g/mol. The summed E-state index contributed by atoms with van der Waals surface area (Å²) in [6.45, 7) is 1.91. The highest BCUT2D eigenvalue weighted by Gasteiger charge is 2.10. The Hall–Kier alpha value is -2.08. The number of ether oxygens (including phenoxy) is 1. The van der Waals surface area contributed by atoms with Crippen LogP contribution < -0.4 is 4.74 Å². The minimum atomic E-state index is 0.636. The van der Waals surface area contributed by atoms with Gasteiger partial charge in [-0.1, -0.05) is 0 Å². The zero-order chi connectivity index (χ0) is 10.8. The number of aryl methyl sites for hydroxylation is 1. The summed E-state index contributed by atoms with van der Waals surface area (Å²) < 4.78 is 5.29. The van der Waals surface area contributed by atoms with Gasteiger partial charge in [-0.15, -0.1) is 0 Å². The van der Waals surface area contributed by atoms with Crippen molar-refractivity contribution in [2.75, 3.05) is 7.11 Å².